The molecule has 0 unspecified atom stereocenters. The highest BCUT2D eigenvalue weighted by Gasteiger charge is 2.17. The Morgan fingerprint density at radius 1 is 1.31 bits per heavy atom. The van der Waals surface area contributed by atoms with Crippen LogP contribution < -0.4 is 4.74 Å². The van der Waals surface area contributed by atoms with Crippen LogP contribution >= 0.6 is 23.2 Å². The van der Waals surface area contributed by atoms with Crippen molar-refractivity contribution in [3.8, 4) is 5.75 Å². The molecule has 0 amide bonds. The second-order valence-corrected chi connectivity index (χ2v) is 5.01. The highest BCUT2D eigenvalue weighted by molar-refractivity contribution is 6.53. The van der Waals surface area contributed by atoms with E-state index in [1.807, 2.05) is 39.0 Å². The summed E-state index contributed by atoms with van der Waals surface area (Å²) in [5.74, 6) is 0.162. The minimum Gasteiger partial charge on any atom is -0.424 e. The second kappa shape index (κ2) is 5.55. The quantitative estimate of drug-likeness (QED) is 0.469. The number of alkyl halides is 2. The first-order valence-corrected chi connectivity index (χ1v) is 5.89. The monoisotopic (exact) mass is 260 g/mol. The minimum atomic E-state index is -1.15. The summed E-state index contributed by atoms with van der Waals surface area (Å²) in [4.78, 5) is 10.2. The number of halogens is 2. The summed E-state index contributed by atoms with van der Waals surface area (Å²) in [7, 11) is 0. The van der Waals surface area contributed by atoms with Crippen LogP contribution in [0.5, 0.6) is 5.75 Å². The van der Waals surface area contributed by atoms with E-state index < -0.39 is 10.8 Å². The van der Waals surface area contributed by atoms with Crippen LogP contribution in [0.15, 0.2) is 18.2 Å². The molecule has 88 valence electrons. The summed E-state index contributed by atoms with van der Waals surface area (Å²) in [6.45, 7) is 5.99. The highest BCUT2D eigenvalue weighted by Crippen LogP contribution is 2.28. The Labute approximate surface area is 106 Å². The van der Waals surface area contributed by atoms with Crippen LogP contribution in [0.4, 0.5) is 0 Å². The molecule has 0 spiro atoms. The number of rotatable bonds is 3. The Balaban J connectivity index is 3.01. The van der Waals surface area contributed by atoms with Crippen molar-refractivity contribution in [3.05, 3.63) is 29.3 Å². The zero-order valence-corrected chi connectivity index (χ0v) is 11.0. The number of carbonyl (C=O) groups excluding carboxylic acids is 1. The summed E-state index contributed by atoms with van der Waals surface area (Å²) < 4.78 is 5.15. The third-order valence-electron chi connectivity index (χ3n) is 2.18. The molecule has 0 radical (unpaired) electrons. The molecule has 16 heavy (non-hydrogen) atoms. The molecular weight excluding hydrogens is 247 g/mol. The summed E-state index contributed by atoms with van der Waals surface area (Å²) >= 11 is 10.9. The van der Waals surface area contributed by atoms with E-state index in [9.17, 15) is 4.79 Å². The summed E-state index contributed by atoms with van der Waals surface area (Å²) in [5, 5.41) is 0. The molecule has 0 N–H and O–H groups in total. The van der Waals surface area contributed by atoms with Crippen molar-refractivity contribution < 1.29 is 9.53 Å². The first kappa shape index (κ1) is 13.3. The van der Waals surface area contributed by atoms with Crippen LogP contribution in [-0.4, -0.2) is 10.8 Å². The number of aryl methyl sites for hydroxylation is 1. The van der Waals surface area contributed by atoms with Gasteiger partial charge in [-0.3, -0.25) is 0 Å². The number of carbonyl (C=O) groups is 1. The third-order valence-corrected chi connectivity index (χ3v) is 2.54. The van der Waals surface area contributed by atoms with Crippen molar-refractivity contribution in [2.75, 3.05) is 0 Å². The standard InChI is InChI=1S/C12H14Cl2O2/c1-7(2)9-5-4-8(3)6-10(9)16-12(15)11(13)14/h4-7,11H,1-3H3. The van der Waals surface area contributed by atoms with Gasteiger partial charge in [-0.2, -0.15) is 0 Å². The molecular formula is C12H14Cl2O2. The van der Waals surface area contributed by atoms with Gasteiger partial charge in [-0.1, -0.05) is 49.2 Å². The lowest BCUT2D eigenvalue weighted by atomic mass is 10.0. The molecule has 1 aromatic carbocycles. The summed E-state index contributed by atoms with van der Waals surface area (Å²) in [5.41, 5.74) is 1.99. The molecule has 4 heteroatoms. The summed E-state index contributed by atoms with van der Waals surface area (Å²) in [6.07, 6.45) is 0. The fraction of sp³-hybridized carbons (Fsp3) is 0.417. The molecule has 0 aromatic heterocycles. The van der Waals surface area contributed by atoms with E-state index in [1.165, 1.54) is 0 Å². The van der Waals surface area contributed by atoms with Gasteiger partial charge in [0.05, 0.1) is 0 Å². The molecule has 1 aromatic rings. The predicted octanol–water partition coefficient (Wildman–Crippen LogP) is 3.83. The predicted molar refractivity (Wildman–Crippen MR) is 66.4 cm³/mol. The molecule has 0 bridgehead atoms. The summed E-state index contributed by atoms with van der Waals surface area (Å²) in [6, 6.07) is 5.73. The Hall–Kier alpha value is -0.730. The largest absolute Gasteiger partial charge is 0.424 e. The first-order valence-electron chi connectivity index (χ1n) is 5.02. The molecule has 0 heterocycles. The molecule has 0 aliphatic heterocycles. The zero-order chi connectivity index (χ0) is 12.3. The maximum absolute atomic E-state index is 11.3. The van der Waals surface area contributed by atoms with Crippen LogP contribution in [0.25, 0.3) is 0 Å². The van der Waals surface area contributed by atoms with Gasteiger partial charge < -0.3 is 4.74 Å². The highest BCUT2D eigenvalue weighted by atomic mass is 35.5. The Morgan fingerprint density at radius 3 is 2.44 bits per heavy atom. The van der Waals surface area contributed by atoms with Crippen LogP contribution in [0.1, 0.15) is 30.9 Å². The molecule has 0 aliphatic rings. The molecule has 0 aliphatic carbocycles. The van der Waals surface area contributed by atoms with Crippen molar-refractivity contribution in [2.45, 2.75) is 31.5 Å². The van der Waals surface area contributed by atoms with E-state index in [-0.39, 0.29) is 5.92 Å². The van der Waals surface area contributed by atoms with E-state index in [2.05, 4.69) is 0 Å². The zero-order valence-electron chi connectivity index (χ0n) is 9.46. The van der Waals surface area contributed by atoms with E-state index in [1.54, 1.807) is 0 Å². The SMILES string of the molecule is Cc1ccc(C(C)C)c(OC(=O)C(Cl)Cl)c1. The average molecular weight is 261 g/mol. The van der Waals surface area contributed by atoms with E-state index in [0.717, 1.165) is 11.1 Å². The third kappa shape index (κ3) is 3.39. The van der Waals surface area contributed by atoms with Gasteiger partial charge in [0.15, 0.2) is 0 Å². The first-order chi connectivity index (χ1) is 7.41. The lowest BCUT2D eigenvalue weighted by Crippen LogP contribution is -2.16. The van der Waals surface area contributed by atoms with Crippen molar-refractivity contribution in [2.24, 2.45) is 0 Å². The van der Waals surface area contributed by atoms with Gasteiger partial charge in [-0.15, -0.1) is 0 Å². The Kier molecular flexibility index (Phi) is 4.63. The van der Waals surface area contributed by atoms with Gasteiger partial charge in [0.2, 0.25) is 4.84 Å². The second-order valence-electron chi connectivity index (χ2n) is 3.92. The van der Waals surface area contributed by atoms with Gasteiger partial charge in [-0.25, -0.2) is 4.79 Å². The van der Waals surface area contributed by atoms with Crippen molar-refractivity contribution in [1.82, 2.24) is 0 Å². The number of hydrogen-bond donors (Lipinski definition) is 0. The number of hydrogen-bond acceptors (Lipinski definition) is 2. The van der Waals surface area contributed by atoms with Crippen LogP contribution in [0.3, 0.4) is 0 Å². The molecule has 2 nitrogen and oxygen atoms in total. The van der Waals surface area contributed by atoms with Crippen LogP contribution in [0, 0.1) is 6.92 Å². The van der Waals surface area contributed by atoms with Gasteiger partial charge in [0.25, 0.3) is 0 Å². The number of esters is 1. The van der Waals surface area contributed by atoms with Gasteiger partial charge in [0.1, 0.15) is 5.75 Å². The molecule has 0 atom stereocenters. The van der Waals surface area contributed by atoms with Crippen molar-refractivity contribution >= 4 is 29.2 Å². The maximum atomic E-state index is 11.3. The smallest absolute Gasteiger partial charge is 0.344 e. The topological polar surface area (TPSA) is 26.3 Å². The fourth-order valence-corrected chi connectivity index (χ4v) is 1.45. The van der Waals surface area contributed by atoms with Crippen molar-refractivity contribution in [3.63, 3.8) is 0 Å². The normalized spacial score (nSPS) is 10.9. The van der Waals surface area contributed by atoms with Crippen LogP contribution in [0.2, 0.25) is 0 Å². The number of ether oxygens (including phenoxy) is 1. The van der Waals surface area contributed by atoms with Crippen LogP contribution in [-0.2, 0) is 4.79 Å². The Bertz CT molecular complexity index is 387. The molecule has 0 fully saturated rings. The molecule has 0 saturated heterocycles. The van der Waals surface area contributed by atoms with Gasteiger partial charge >= 0.3 is 5.97 Å². The lowest BCUT2D eigenvalue weighted by Gasteiger charge is -2.13. The lowest BCUT2D eigenvalue weighted by molar-refractivity contribution is -0.132. The fourth-order valence-electron chi connectivity index (χ4n) is 1.36. The average Bonchev–Trinajstić information content (AvgIpc) is 2.16. The molecule has 1 rings (SSSR count). The Morgan fingerprint density at radius 2 is 1.94 bits per heavy atom. The van der Waals surface area contributed by atoms with E-state index >= 15 is 0 Å². The van der Waals surface area contributed by atoms with E-state index in [4.69, 9.17) is 27.9 Å². The van der Waals surface area contributed by atoms with Crippen molar-refractivity contribution in [1.29, 1.82) is 0 Å². The molecule has 0 saturated carbocycles. The number of benzene rings is 1. The maximum Gasteiger partial charge on any atom is 0.344 e. The minimum absolute atomic E-state index is 0.271. The van der Waals surface area contributed by atoms with Gasteiger partial charge in [0, 0.05) is 0 Å². The van der Waals surface area contributed by atoms with E-state index in [0.29, 0.717) is 5.75 Å². The van der Waals surface area contributed by atoms with Gasteiger partial charge in [-0.05, 0) is 30.0 Å².